The van der Waals surface area contributed by atoms with Crippen molar-refractivity contribution >= 4 is 0 Å². The molecule has 0 aromatic heterocycles. The molecule has 0 radical (unpaired) electrons. The first-order chi connectivity index (χ1) is 7.58. The van der Waals surface area contributed by atoms with Crippen molar-refractivity contribution in [2.24, 2.45) is 0 Å². The lowest BCUT2D eigenvalue weighted by molar-refractivity contribution is 0.333. The number of aryl methyl sites for hydroxylation is 2. The Bertz CT molecular complexity index is 363. The van der Waals surface area contributed by atoms with Crippen LogP contribution in [0.25, 0.3) is 0 Å². The number of nitrogens with one attached hydrogen (secondary N) is 1. The Kier molecular flexibility index (Phi) is 3.29. The molecule has 1 heterocycles. The number of piperidine rings is 1. The zero-order chi connectivity index (χ0) is 11.7. The highest BCUT2D eigenvalue weighted by molar-refractivity contribution is 5.34. The first kappa shape index (κ1) is 11.6. The molecule has 2 heteroatoms. The molecule has 16 heavy (non-hydrogen) atoms. The van der Waals surface area contributed by atoms with E-state index in [-0.39, 0.29) is 11.9 Å². The van der Waals surface area contributed by atoms with Gasteiger partial charge in [0.2, 0.25) is 0 Å². The summed E-state index contributed by atoms with van der Waals surface area (Å²) >= 11 is 0. The molecule has 1 aliphatic rings. The molecule has 1 aromatic rings. The third kappa shape index (κ3) is 2.27. The van der Waals surface area contributed by atoms with E-state index in [9.17, 15) is 4.39 Å². The Balaban J connectivity index is 2.32. The molecule has 1 N–H and O–H groups in total. The van der Waals surface area contributed by atoms with Crippen molar-refractivity contribution in [1.29, 1.82) is 0 Å². The number of hydrogen-bond donors (Lipinski definition) is 1. The van der Waals surface area contributed by atoms with Crippen LogP contribution in [0.15, 0.2) is 12.1 Å². The molecule has 0 spiro atoms. The molecule has 1 aromatic carbocycles. The molecule has 2 unspecified atom stereocenters. The first-order valence-corrected chi connectivity index (χ1v) is 6.10. The van der Waals surface area contributed by atoms with Gasteiger partial charge < -0.3 is 5.32 Å². The van der Waals surface area contributed by atoms with Gasteiger partial charge in [-0.3, -0.25) is 0 Å². The summed E-state index contributed by atoms with van der Waals surface area (Å²) in [6.45, 7) is 6.12. The SMILES string of the molecule is Cc1cc(C)c(C2CCCC(C)N2)c(F)c1. The minimum absolute atomic E-state index is 0.0518. The Hall–Kier alpha value is -0.890. The molecule has 0 amide bonds. The zero-order valence-electron chi connectivity index (χ0n) is 10.3. The van der Waals surface area contributed by atoms with Gasteiger partial charge in [0.1, 0.15) is 5.82 Å². The van der Waals surface area contributed by atoms with Gasteiger partial charge in [-0.25, -0.2) is 4.39 Å². The minimum Gasteiger partial charge on any atom is -0.307 e. The molecule has 88 valence electrons. The Morgan fingerprint density at radius 3 is 2.62 bits per heavy atom. The number of rotatable bonds is 1. The van der Waals surface area contributed by atoms with Gasteiger partial charge >= 0.3 is 0 Å². The molecule has 0 saturated carbocycles. The zero-order valence-corrected chi connectivity index (χ0v) is 10.3. The van der Waals surface area contributed by atoms with Gasteiger partial charge in [-0.1, -0.05) is 12.5 Å². The van der Waals surface area contributed by atoms with E-state index in [1.54, 1.807) is 6.07 Å². The Labute approximate surface area is 97.1 Å². The summed E-state index contributed by atoms with van der Waals surface area (Å²) in [7, 11) is 0. The fourth-order valence-corrected chi connectivity index (χ4v) is 2.73. The van der Waals surface area contributed by atoms with Gasteiger partial charge in [0.25, 0.3) is 0 Å². The predicted molar refractivity (Wildman–Crippen MR) is 65.1 cm³/mol. The molecule has 0 aliphatic carbocycles. The maximum atomic E-state index is 14.0. The van der Waals surface area contributed by atoms with E-state index in [0.29, 0.717) is 6.04 Å². The van der Waals surface area contributed by atoms with E-state index in [1.165, 1.54) is 12.8 Å². The highest BCUT2D eigenvalue weighted by atomic mass is 19.1. The molecule has 1 saturated heterocycles. The van der Waals surface area contributed by atoms with Gasteiger partial charge in [0, 0.05) is 17.6 Å². The van der Waals surface area contributed by atoms with Gasteiger partial charge in [-0.2, -0.15) is 0 Å². The summed E-state index contributed by atoms with van der Waals surface area (Å²) in [5.41, 5.74) is 2.95. The van der Waals surface area contributed by atoms with Crippen molar-refractivity contribution in [2.75, 3.05) is 0 Å². The molecule has 1 nitrogen and oxygen atoms in total. The molecule has 2 rings (SSSR count). The van der Waals surface area contributed by atoms with Crippen LogP contribution in [0.4, 0.5) is 4.39 Å². The lowest BCUT2D eigenvalue weighted by Gasteiger charge is -2.30. The Morgan fingerprint density at radius 2 is 2.00 bits per heavy atom. The van der Waals surface area contributed by atoms with Crippen LogP contribution in [0.5, 0.6) is 0 Å². The van der Waals surface area contributed by atoms with Crippen LogP contribution < -0.4 is 5.32 Å². The van der Waals surface area contributed by atoms with E-state index in [4.69, 9.17) is 0 Å². The van der Waals surface area contributed by atoms with Gasteiger partial charge in [-0.15, -0.1) is 0 Å². The molecular weight excluding hydrogens is 201 g/mol. The normalized spacial score (nSPS) is 25.8. The molecule has 2 atom stereocenters. The fraction of sp³-hybridized carbons (Fsp3) is 0.571. The number of halogens is 1. The third-order valence-electron chi connectivity index (χ3n) is 3.44. The van der Waals surface area contributed by atoms with Crippen LogP contribution >= 0.6 is 0 Å². The second-order valence-corrected chi connectivity index (χ2v) is 5.03. The molecular formula is C14H20FN. The number of hydrogen-bond acceptors (Lipinski definition) is 1. The smallest absolute Gasteiger partial charge is 0.128 e. The lowest BCUT2D eigenvalue weighted by atomic mass is 9.90. The maximum Gasteiger partial charge on any atom is 0.128 e. The van der Waals surface area contributed by atoms with Gasteiger partial charge in [0.05, 0.1) is 0 Å². The van der Waals surface area contributed by atoms with Crippen LogP contribution in [-0.2, 0) is 0 Å². The summed E-state index contributed by atoms with van der Waals surface area (Å²) in [6, 6.07) is 4.41. The second-order valence-electron chi connectivity index (χ2n) is 5.03. The van der Waals surface area contributed by atoms with Crippen molar-refractivity contribution in [3.8, 4) is 0 Å². The first-order valence-electron chi connectivity index (χ1n) is 6.10. The summed E-state index contributed by atoms with van der Waals surface area (Å²) in [5, 5.41) is 3.49. The summed E-state index contributed by atoms with van der Waals surface area (Å²) < 4.78 is 14.0. The predicted octanol–water partition coefficient (Wildman–Crippen LogP) is 3.65. The van der Waals surface area contributed by atoms with Crippen LogP contribution in [0.2, 0.25) is 0 Å². The average Bonchev–Trinajstić information content (AvgIpc) is 2.15. The van der Waals surface area contributed by atoms with Crippen LogP contribution in [0, 0.1) is 19.7 Å². The molecule has 1 aliphatic heterocycles. The quantitative estimate of drug-likeness (QED) is 0.763. The highest BCUT2D eigenvalue weighted by Crippen LogP contribution is 2.30. The van der Waals surface area contributed by atoms with E-state index >= 15 is 0 Å². The van der Waals surface area contributed by atoms with Gasteiger partial charge in [0.15, 0.2) is 0 Å². The largest absolute Gasteiger partial charge is 0.307 e. The van der Waals surface area contributed by atoms with Gasteiger partial charge in [-0.05, 0) is 50.8 Å². The van der Waals surface area contributed by atoms with E-state index in [1.807, 2.05) is 13.8 Å². The summed E-state index contributed by atoms with van der Waals surface area (Å²) in [6.07, 6.45) is 3.43. The Morgan fingerprint density at radius 1 is 1.25 bits per heavy atom. The maximum absolute atomic E-state index is 14.0. The highest BCUT2D eigenvalue weighted by Gasteiger charge is 2.23. The van der Waals surface area contributed by atoms with Crippen LogP contribution in [0.3, 0.4) is 0 Å². The standard InChI is InChI=1S/C14H20FN/c1-9-7-10(2)14(12(15)8-9)13-6-4-5-11(3)16-13/h7-8,11,13,16H,4-6H2,1-3H3. The fourth-order valence-electron chi connectivity index (χ4n) is 2.73. The van der Waals surface area contributed by atoms with Crippen molar-refractivity contribution in [2.45, 2.75) is 52.1 Å². The van der Waals surface area contributed by atoms with Crippen molar-refractivity contribution in [3.05, 3.63) is 34.6 Å². The summed E-state index contributed by atoms with van der Waals surface area (Å²) in [5.74, 6) is -0.0518. The monoisotopic (exact) mass is 221 g/mol. The topological polar surface area (TPSA) is 12.0 Å². The van der Waals surface area contributed by atoms with E-state index in [0.717, 1.165) is 23.1 Å². The van der Waals surface area contributed by atoms with Crippen molar-refractivity contribution in [1.82, 2.24) is 5.32 Å². The van der Waals surface area contributed by atoms with Crippen LogP contribution in [-0.4, -0.2) is 6.04 Å². The van der Waals surface area contributed by atoms with E-state index in [2.05, 4.69) is 18.3 Å². The third-order valence-corrected chi connectivity index (χ3v) is 3.44. The van der Waals surface area contributed by atoms with E-state index < -0.39 is 0 Å². The molecule has 1 fully saturated rings. The summed E-state index contributed by atoms with van der Waals surface area (Å²) in [4.78, 5) is 0. The number of benzene rings is 1. The lowest BCUT2D eigenvalue weighted by Crippen LogP contribution is -2.35. The van der Waals surface area contributed by atoms with Crippen LogP contribution in [0.1, 0.15) is 48.9 Å². The molecule has 0 bridgehead atoms. The van der Waals surface area contributed by atoms with Crippen molar-refractivity contribution in [3.63, 3.8) is 0 Å². The van der Waals surface area contributed by atoms with Crippen molar-refractivity contribution < 1.29 is 4.39 Å². The minimum atomic E-state index is -0.0518. The average molecular weight is 221 g/mol. The second kappa shape index (κ2) is 4.54.